The molecule has 2 aliphatic rings. The van der Waals surface area contributed by atoms with Crippen LogP contribution in [0.3, 0.4) is 0 Å². The van der Waals surface area contributed by atoms with Crippen molar-refractivity contribution in [1.29, 1.82) is 0 Å². The molecule has 0 bridgehead atoms. The van der Waals surface area contributed by atoms with Crippen LogP contribution in [0.25, 0.3) is 21.9 Å². The zero-order valence-corrected chi connectivity index (χ0v) is 12.0. The van der Waals surface area contributed by atoms with E-state index in [-0.39, 0.29) is 11.3 Å². The van der Waals surface area contributed by atoms with Crippen LogP contribution in [0.15, 0.2) is 28.9 Å². The van der Waals surface area contributed by atoms with E-state index in [0.29, 0.717) is 17.0 Å². The number of aromatic nitrogens is 1. The first-order valence-electron chi connectivity index (χ1n) is 10.9. The second kappa shape index (κ2) is 4.92. The molecule has 0 aromatic carbocycles. The third-order valence-corrected chi connectivity index (χ3v) is 4.86. The normalized spacial score (nSPS) is 31.9. The number of allylic oxidation sites excluding steroid dienone is 1. The molecule has 1 aliphatic heterocycles. The van der Waals surface area contributed by atoms with Gasteiger partial charge in [-0.15, -0.1) is 11.3 Å². The highest BCUT2D eigenvalue weighted by Crippen LogP contribution is 2.22. The maximum atomic E-state index is 8.45. The lowest BCUT2D eigenvalue weighted by molar-refractivity contribution is 0.971. The summed E-state index contributed by atoms with van der Waals surface area (Å²) in [5.41, 5.74) is 1.15. The Morgan fingerprint density at radius 2 is 2.29 bits per heavy atom. The van der Waals surface area contributed by atoms with Gasteiger partial charge in [-0.1, -0.05) is 11.6 Å². The molecule has 2 aromatic heterocycles. The highest BCUT2D eigenvalue weighted by Gasteiger charge is 2.16. The number of thiophene rings is 1. The van der Waals surface area contributed by atoms with Crippen molar-refractivity contribution in [3.05, 3.63) is 39.4 Å². The number of aryl methyl sites for hydroxylation is 1. The van der Waals surface area contributed by atoms with Crippen molar-refractivity contribution < 1.29 is 11.0 Å². The Bertz CT molecular complexity index is 1170. The quantitative estimate of drug-likeness (QED) is 0.792. The third-order valence-electron chi connectivity index (χ3n) is 3.68. The van der Waals surface area contributed by atoms with Crippen molar-refractivity contribution in [2.24, 2.45) is 4.99 Å². The van der Waals surface area contributed by atoms with E-state index in [1.807, 2.05) is 0 Å². The Morgan fingerprint density at radius 3 is 3.19 bits per heavy atom. The van der Waals surface area contributed by atoms with Gasteiger partial charge in [0.25, 0.3) is 0 Å². The predicted molar refractivity (Wildman–Crippen MR) is 91.1 cm³/mol. The summed E-state index contributed by atoms with van der Waals surface area (Å²) in [7, 11) is 0. The van der Waals surface area contributed by atoms with Crippen LogP contribution >= 0.6 is 11.3 Å². The molecule has 3 heterocycles. The minimum absolute atomic E-state index is 0.0370. The maximum absolute atomic E-state index is 8.45. The Hall–Kier alpha value is -1.74. The summed E-state index contributed by atoms with van der Waals surface area (Å²) in [6.45, 7) is -4.73. The molecule has 0 fully saturated rings. The van der Waals surface area contributed by atoms with Crippen LogP contribution in [0.5, 0.6) is 0 Å². The molecule has 1 aliphatic carbocycles. The van der Waals surface area contributed by atoms with E-state index in [9.17, 15) is 0 Å². The Morgan fingerprint density at radius 1 is 1.29 bits per heavy atom. The first kappa shape index (κ1) is 7.01. The van der Waals surface area contributed by atoms with Gasteiger partial charge >= 0.3 is 0 Å². The fraction of sp³-hybridized carbons (Fsp3) is 0.333. The second-order valence-electron chi connectivity index (χ2n) is 5.05. The lowest BCUT2D eigenvalue weighted by Crippen LogP contribution is -2.28. The molecular weight excluding hydrogens is 276 g/mol. The van der Waals surface area contributed by atoms with Gasteiger partial charge in [0.1, 0.15) is 4.83 Å². The molecule has 0 saturated carbocycles. The van der Waals surface area contributed by atoms with Gasteiger partial charge in [-0.3, -0.25) is 4.99 Å². The molecular formula is C18H18N2S. The molecule has 106 valence electrons. The highest BCUT2D eigenvalue weighted by molar-refractivity contribution is 7.16. The molecule has 0 N–H and O–H groups in total. The number of aliphatic imine (C=N–C) groups is 1. The molecule has 0 spiro atoms. The first-order chi connectivity index (χ1) is 13.5. The Balaban J connectivity index is 1.93. The molecule has 0 amide bonds. The molecule has 0 saturated heterocycles. The molecule has 21 heavy (non-hydrogen) atoms. The van der Waals surface area contributed by atoms with Gasteiger partial charge in [0.15, 0.2) is 0 Å². The molecule has 0 radical (unpaired) electrons. The smallest absolute Gasteiger partial charge is 0.124 e. The van der Waals surface area contributed by atoms with Crippen LogP contribution < -0.4 is 9.75 Å². The molecule has 2 nitrogen and oxygen atoms in total. The lowest BCUT2D eigenvalue weighted by Gasteiger charge is -2.15. The molecule has 2 unspecified atom stereocenters. The number of fused-ring (bicyclic) bond motifs is 3. The summed E-state index contributed by atoms with van der Waals surface area (Å²) >= 11 is 1.35. The van der Waals surface area contributed by atoms with E-state index < -0.39 is 26.5 Å². The number of pyridine rings is 1. The summed E-state index contributed by atoms with van der Waals surface area (Å²) in [5, 5.41) is 1.80. The number of hydrogen-bond donors (Lipinski definition) is 0. The fourth-order valence-corrected chi connectivity index (χ4v) is 3.97. The van der Waals surface area contributed by atoms with Crippen molar-refractivity contribution >= 4 is 38.9 Å². The summed E-state index contributed by atoms with van der Waals surface area (Å²) < 4.78 is 62.9. The van der Waals surface area contributed by atoms with Gasteiger partial charge < -0.3 is 0 Å². The zero-order chi connectivity index (χ0) is 21.1. The second-order valence-corrected chi connectivity index (χ2v) is 6.05. The molecule has 3 heteroatoms. The summed E-state index contributed by atoms with van der Waals surface area (Å²) in [6.07, 6.45) is 2.34. The van der Waals surface area contributed by atoms with Gasteiger partial charge in [0.2, 0.25) is 0 Å². The highest BCUT2D eigenvalue weighted by atomic mass is 32.1. The van der Waals surface area contributed by atoms with Crippen molar-refractivity contribution in [3.63, 3.8) is 0 Å². The van der Waals surface area contributed by atoms with Crippen molar-refractivity contribution in [2.45, 2.75) is 39.3 Å². The standard InChI is InChI=1S/C18H18N2S/c1-11-6-9-16(19-10-11)15-5-3-4-13-14-8-7-12(2)20-18(14)21-17(13)15/h4,7-8,10H,3,5-6,9H2,1-2H3/i1D3,2D3,6D,9D. The summed E-state index contributed by atoms with van der Waals surface area (Å²) in [4.78, 5) is 9.22. The maximum Gasteiger partial charge on any atom is 0.124 e. The topological polar surface area (TPSA) is 25.2 Å². The van der Waals surface area contributed by atoms with Gasteiger partial charge in [-0.2, -0.15) is 0 Å². The lowest BCUT2D eigenvalue weighted by atomic mass is 9.94. The Labute approximate surface area is 139 Å². The molecule has 4 rings (SSSR count). The van der Waals surface area contributed by atoms with Crippen LogP contribution in [-0.4, -0.2) is 10.7 Å². The summed E-state index contributed by atoms with van der Waals surface area (Å²) in [6, 6.07) is 3.28. The van der Waals surface area contributed by atoms with E-state index in [1.54, 1.807) is 6.07 Å². The van der Waals surface area contributed by atoms with Crippen molar-refractivity contribution in [3.8, 4) is 0 Å². The van der Waals surface area contributed by atoms with Gasteiger partial charge in [0.05, 0.1) is 0 Å². The van der Waals surface area contributed by atoms with E-state index in [0.717, 1.165) is 27.1 Å². The molecule has 2 atom stereocenters. The minimum Gasteiger partial charge on any atom is -0.261 e. The average Bonchev–Trinajstić information content (AvgIpc) is 3.00. The van der Waals surface area contributed by atoms with E-state index >= 15 is 0 Å². The Kier molecular flexibility index (Phi) is 1.64. The number of nitrogens with zero attached hydrogens (tertiary/aromatic N) is 2. The van der Waals surface area contributed by atoms with Gasteiger partial charge in [-0.25, -0.2) is 4.98 Å². The van der Waals surface area contributed by atoms with E-state index in [4.69, 9.17) is 11.0 Å². The van der Waals surface area contributed by atoms with E-state index in [1.165, 1.54) is 23.6 Å². The van der Waals surface area contributed by atoms with Crippen molar-refractivity contribution in [2.75, 3.05) is 0 Å². The number of rotatable bonds is 1. The fourth-order valence-electron chi connectivity index (χ4n) is 2.72. The molecule has 2 aromatic rings. The zero-order valence-electron chi connectivity index (χ0n) is 19.2. The van der Waals surface area contributed by atoms with Gasteiger partial charge in [0, 0.05) is 38.5 Å². The third kappa shape index (κ3) is 2.16. The minimum atomic E-state index is -2.44. The SMILES string of the molecule is [2H]C1C(C([2H])([2H])[2H])=CN=C(C2=c3sc4nc(C([2H])([2H])[2H])ccc4c3=CCC2)C1[2H]. The summed E-state index contributed by atoms with van der Waals surface area (Å²) in [5.74, 6) is 0. The van der Waals surface area contributed by atoms with Crippen LogP contribution in [-0.2, 0) is 0 Å². The van der Waals surface area contributed by atoms with Gasteiger partial charge in [-0.05, 0) is 62.3 Å². The monoisotopic (exact) mass is 302 g/mol. The largest absolute Gasteiger partial charge is 0.261 e. The van der Waals surface area contributed by atoms with Crippen LogP contribution in [0.1, 0.15) is 49.1 Å². The average molecular weight is 302 g/mol. The van der Waals surface area contributed by atoms with Crippen LogP contribution in [0.2, 0.25) is 0 Å². The predicted octanol–water partition coefficient (Wildman–Crippen LogP) is 3.47. The first-order valence-corrected chi connectivity index (χ1v) is 7.56. The van der Waals surface area contributed by atoms with Crippen LogP contribution in [0.4, 0.5) is 0 Å². The van der Waals surface area contributed by atoms with Crippen molar-refractivity contribution in [1.82, 2.24) is 4.98 Å². The van der Waals surface area contributed by atoms with E-state index in [2.05, 4.69) is 16.1 Å². The number of hydrogen-bond acceptors (Lipinski definition) is 3. The van der Waals surface area contributed by atoms with Crippen LogP contribution in [0, 0.1) is 6.85 Å².